The summed E-state index contributed by atoms with van der Waals surface area (Å²) in [4.78, 5) is 4.26. The van der Waals surface area contributed by atoms with Crippen LogP contribution in [0.15, 0.2) is 36.5 Å². The van der Waals surface area contributed by atoms with Crippen LogP contribution in [0.25, 0.3) is 0 Å². The van der Waals surface area contributed by atoms with Gasteiger partial charge in [0.15, 0.2) is 0 Å². The molecule has 0 fully saturated rings. The van der Waals surface area contributed by atoms with E-state index in [4.69, 9.17) is 22.1 Å². The Balaban J connectivity index is 1.98. The summed E-state index contributed by atoms with van der Waals surface area (Å²) in [5.41, 5.74) is 9.15. The zero-order valence-electron chi connectivity index (χ0n) is 9.77. The number of benzene rings is 1. The lowest BCUT2D eigenvalue weighted by Crippen LogP contribution is -2.14. The number of pyridine rings is 1. The first-order chi connectivity index (χ1) is 8.75. The predicted octanol–water partition coefficient (Wildman–Crippen LogP) is 2.72. The largest absolute Gasteiger partial charge is 0.493 e. The molecule has 3 rings (SSSR count). The standard InChI is InChI=1S/C14H13ClN2O/c15-11-2-1-6-17-14(11)13(16)10-3-4-12-9(8-10)5-7-18-12/h1-4,6,8,13H,5,7,16H2. The quantitative estimate of drug-likeness (QED) is 0.903. The van der Waals surface area contributed by atoms with Crippen LogP contribution in [0.1, 0.15) is 22.9 Å². The van der Waals surface area contributed by atoms with Gasteiger partial charge in [-0.2, -0.15) is 0 Å². The molecule has 1 aliphatic rings. The van der Waals surface area contributed by atoms with Gasteiger partial charge in [-0.25, -0.2) is 0 Å². The summed E-state index contributed by atoms with van der Waals surface area (Å²) in [6.45, 7) is 0.748. The van der Waals surface area contributed by atoms with Gasteiger partial charge in [0.2, 0.25) is 0 Å². The average molecular weight is 261 g/mol. The zero-order valence-corrected chi connectivity index (χ0v) is 10.5. The van der Waals surface area contributed by atoms with E-state index in [0.717, 1.165) is 24.3 Å². The molecule has 0 saturated carbocycles. The Morgan fingerprint density at radius 3 is 3.06 bits per heavy atom. The van der Waals surface area contributed by atoms with Gasteiger partial charge in [-0.1, -0.05) is 23.7 Å². The number of fused-ring (bicyclic) bond motifs is 1. The van der Waals surface area contributed by atoms with E-state index in [2.05, 4.69) is 11.1 Å². The van der Waals surface area contributed by atoms with Crippen molar-refractivity contribution in [3.63, 3.8) is 0 Å². The van der Waals surface area contributed by atoms with Crippen LogP contribution in [0.5, 0.6) is 5.75 Å². The molecule has 3 nitrogen and oxygen atoms in total. The van der Waals surface area contributed by atoms with Crippen molar-refractivity contribution in [1.29, 1.82) is 0 Å². The van der Waals surface area contributed by atoms with Crippen LogP contribution in [0.3, 0.4) is 0 Å². The van der Waals surface area contributed by atoms with Crippen LogP contribution in [-0.4, -0.2) is 11.6 Å². The lowest BCUT2D eigenvalue weighted by molar-refractivity contribution is 0.357. The molecular formula is C14H13ClN2O. The number of halogens is 1. The van der Waals surface area contributed by atoms with E-state index in [1.807, 2.05) is 12.1 Å². The maximum absolute atomic E-state index is 6.22. The second kappa shape index (κ2) is 4.59. The van der Waals surface area contributed by atoms with Crippen LogP contribution in [0.2, 0.25) is 5.02 Å². The summed E-state index contributed by atoms with van der Waals surface area (Å²) >= 11 is 6.12. The molecule has 0 bridgehead atoms. The summed E-state index contributed by atoms with van der Waals surface area (Å²) < 4.78 is 5.48. The van der Waals surface area contributed by atoms with Crippen LogP contribution in [0, 0.1) is 0 Å². The van der Waals surface area contributed by atoms with E-state index in [9.17, 15) is 0 Å². The number of rotatable bonds is 2. The fourth-order valence-electron chi connectivity index (χ4n) is 2.18. The molecule has 4 heteroatoms. The average Bonchev–Trinajstić information content (AvgIpc) is 2.85. The fourth-order valence-corrected chi connectivity index (χ4v) is 2.42. The Kier molecular flexibility index (Phi) is 2.94. The first-order valence-corrected chi connectivity index (χ1v) is 6.25. The predicted molar refractivity (Wildman–Crippen MR) is 70.9 cm³/mol. The molecule has 18 heavy (non-hydrogen) atoms. The van der Waals surface area contributed by atoms with Crippen LogP contribution in [0.4, 0.5) is 0 Å². The lowest BCUT2D eigenvalue weighted by Gasteiger charge is -2.13. The summed E-state index contributed by atoms with van der Waals surface area (Å²) in [6, 6.07) is 9.33. The van der Waals surface area contributed by atoms with E-state index in [1.54, 1.807) is 18.3 Å². The highest BCUT2D eigenvalue weighted by Crippen LogP contribution is 2.30. The maximum Gasteiger partial charge on any atom is 0.122 e. The summed E-state index contributed by atoms with van der Waals surface area (Å²) in [5, 5.41) is 0.599. The van der Waals surface area contributed by atoms with Crippen LogP contribution in [-0.2, 0) is 6.42 Å². The Hall–Kier alpha value is -1.58. The Morgan fingerprint density at radius 2 is 2.22 bits per heavy atom. The normalized spacial score (nSPS) is 15.0. The second-order valence-electron chi connectivity index (χ2n) is 4.31. The molecule has 2 heterocycles. The van der Waals surface area contributed by atoms with Crippen LogP contribution >= 0.6 is 11.6 Å². The number of hydrogen-bond acceptors (Lipinski definition) is 3. The van der Waals surface area contributed by atoms with Gasteiger partial charge in [-0.3, -0.25) is 4.98 Å². The second-order valence-corrected chi connectivity index (χ2v) is 4.72. The molecule has 1 unspecified atom stereocenters. The molecule has 0 amide bonds. The van der Waals surface area contributed by atoms with E-state index in [1.165, 1.54) is 5.56 Å². The molecule has 1 aromatic carbocycles. The van der Waals surface area contributed by atoms with Gasteiger partial charge in [0.05, 0.1) is 23.4 Å². The highest BCUT2D eigenvalue weighted by molar-refractivity contribution is 6.31. The molecule has 1 atom stereocenters. The summed E-state index contributed by atoms with van der Waals surface area (Å²) in [6.07, 6.45) is 2.64. The third kappa shape index (κ3) is 1.96. The van der Waals surface area contributed by atoms with Crippen molar-refractivity contribution in [2.45, 2.75) is 12.5 Å². The van der Waals surface area contributed by atoms with Gasteiger partial charge in [0, 0.05) is 12.6 Å². The molecule has 0 spiro atoms. The molecule has 2 aromatic rings. The number of ether oxygens (including phenoxy) is 1. The molecule has 1 aliphatic heterocycles. The lowest BCUT2D eigenvalue weighted by atomic mass is 10.0. The molecule has 92 valence electrons. The number of nitrogens with two attached hydrogens (primary N) is 1. The molecule has 0 saturated heterocycles. The van der Waals surface area contributed by atoms with Crippen molar-refractivity contribution >= 4 is 11.6 Å². The van der Waals surface area contributed by atoms with E-state index < -0.39 is 0 Å². The third-order valence-corrected chi connectivity index (χ3v) is 3.47. The number of hydrogen-bond donors (Lipinski definition) is 1. The first-order valence-electron chi connectivity index (χ1n) is 5.87. The van der Waals surface area contributed by atoms with Gasteiger partial charge in [-0.05, 0) is 29.3 Å². The molecule has 0 radical (unpaired) electrons. The topological polar surface area (TPSA) is 48.1 Å². The minimum atomic E-state index is -0.301. The first kappa shape index (κ1) is 11.5. The minimum absolute atomic E-state index is 0.301. The van der Waals surface area contributed by atoms with Gasteiger partial charge < -0.3 is 10.5 Å². The van der Waals surface area contributed by atoms with Crippen molar-refractivity contribution in [1.82, 2.24) is 4.98 Å². The van der Waals surface area contributed by atoms with E-state index >= 15 is 0 Å². The van der Waals surface area contributed by atoms with Gasteiger partial charge in [-0.15, -0.1) is 0 Å². The Labute approximate surface area is 111 Å². The van der Waals surface area contributed by atoms with Crippen molar-refractivity contribution in [3.8, 4) is 5.75 Å². The smallest absolute Gasteiger partial charge is 0.122 e. The summed E-state index contributed by atoms with van der Waals surface area (Å²) in [5.74, 6) is 0.957. The number of aromatic nitrogens is 1. The molecular weight excluding hydrogens is 248 g/mol. The zero-order chi connectivity index (χ0) is 12.5. The van der Waals surface area contributed by atoms with Crippen molar-refractivity contribution in [3.05, 3.63) is 58.4 Å². The number of nitrogens with zero attached hydrogens (tertiary/aromatic N) is 1. The van der Waals surface area contributed by atoms with Gasteiger partial charge >= 0.3 is 0 Å². The highest BCUT2D eigenvalue weighted by atomic mass is 35.5. The van der Waals surface area contributed by atoms with E-state index in [0.29, 0.717) is 10.7 Å². The fraction of sp³-hybridized carbons (Fsp3) is 0.214. The summed E-state index contributed by atoms with van der Waals surface area (Å²) in [7, 11) is 0. The highest BCUT2D eigenvalue weighted by Gasteiger charge is 2.17. The Bertz CT molecular complexity index is 586. The maximum atomic E-state index is 6.22. The monoisotopic (exact) mass is 260 g/mol. The minimum Gasteiger partial charge on any atom is -0.493 e. The molecule has 2 N–H and O–H groups in total. The molecule has 1 aromatic heterocycles. The van der Waals surface area contributed by atoms with Crippen molar-refractivity contribution in [2.75, 3.05) is 6.61 Å². The van der Waals surface area contributed by atoms with Gasteiger partial charge in [0.25, 0.3) is 0 Å². The SMILES string of the molecule is NC(c1ccc2c(c1)CCO2)c1ncccc1Cl. The molecule has 0 aliphatic carbocycles. The van der Waals surface area contributed by atoms with Gasteiger partial charge in [0.1, 0.15) is 5.75 Å². The van der Waals surface area contributed by atoms with Crippen molar-refractivity contribution < 1.29 is 4.74 Å². The van der Waals surface area contributed by atoms with E-state index in [-0.39, 0.29) is 6.04 Å². The third-order valence-electron chi connectivity index (χ3n) is 3.15. The van der Waals surface area contributed by atoms with Crippen LogP contribution < -0.4 is 10.5 Å². The van der Waals surface area contributed by atoms with Crippen molar-refractivity contribution in [2.24, 2.45) is 5.73 Å². The Morgan fingerprint density at radius 1 is 1.33 bits per heavy atom.